The Hall–Kier alpha value is -1.42. The van der Waals surface area contributed by atoms with Gasteiger partial charge in [0.25, 0.3) is 0 Å². The minimum atomic E-state index is 0.479. The predicted molar refractivity (Wildman–Crippen MR) is 78.3 cm³/mol. The first kappa shape index (κ1) is 14.6. The van der Waals surface area contributed by atoms with Crippen LogP contribution in [0.3, 0.4) is 0 Å². The van der Waals surface area contributed by atoms with Crippen LogP contribution < -0.4 is 4.74 Å². The van der Waals surface area contributed by atoms with Gasteiger partial charge in [-0.1, -0.05) is 6.92 Å². The van der Waals surface area contributed by atoms with E-state index in [9.17, 15) is 0 Å². The lowest BCUT2D eigenvalue weighted by atomic mass is 9.87. The van der Waals surface area contributed by atoms with E-state index in [1.165, 1.54) is 22.3 Å². The molecule has 1 nitrogen and oxygen atoms in total. The quantitative estimate of drug-likeness (QED) is 0.707. The van der Waals surface area contributed by atoms with Crippen LogP contribution in [0.4, 0.5) is 0 Å². The molecule has 0 radical (unpaired) electrons. The van der Waals surface area contributed by atoms with Crippen molar-refractivity contribution in [3.05, 3.63) is 28.3 Å². The van der Waals surface area contributed by atoms with Gasteiger partial charge in [-0.2, -0.15) is 0 Å². The van der Waals surface area contributed by atoms with Crippen LogP contribution >= 0.6 is 0 Å². The highest BCUT2D eigenvalue weighted by molar-refractivity contribution is 5.49. The third-order valence-corrected chi connectivity index (χ3v) is 3.49. The zero-order chi connectivity index (χ0) is 13.7. The molecule has 0 spiro atoms. The Bertz CT molecular complexity index is 475. The van der Waals surface area contributed by atoms with Gasteiger partial charge in [-0.3, -0.25) is 0 Å². The largest absolute Gasteiger partial charge is 0.494 e. The number of ether oxygens (including phenoxy) is 1. The molecule has 0 saturated heterocycles. The summed E-state index contributed by atoms with van der Waals surface area (Å²) in [5.41, 5.74) is 5.35. The van der Waals surface area contributed by atoms with Gasteiger partial charge >= 0.3 is 0 Å². The van der Waals surface area contributed by atoms with Gasteiger partial charge in [-0.15, -0.1) is 11.8 Å². The van der Waals surface area contributed by atoms with Crippen LogP contribution in [0, 0.1) is 32.6 Å². The van der Waals surface area contributed by atoms with Gasteiger partial charge in [0, 0.05) is 6.42 Å². The van der Waals surface area contributed by atoms with Crippen molar-refractivity contribution in [3.8, 4) is 17.6 Å². The van der Waals surface area contributed by atoms with Crippen molar-refractivity contribution >= 4 is 0 Å². The van der Waals surface area contributed by atoms with Crippen LogP contribution in [0.5, 0.6) is 5.75 Å². The molecule has 0 aromatic heterocycles. The molecule has 0 aliphatic rings. The molecule has 0 N–H and O–H groups in total. The Labute approximate surface area is 112 Å². The Kier molecular flexibility index (Phi) is 5.28. The summed E-state index contributed by atoms with van der Waals surface area (Å²) in [6.07, 6.45) is 0.922. The predicted octanol–water partition coefficient (Wildman–Crippen LogP) is 4.53. The van der Waals surface area contributed by atoms with Crippen LogP contribution in [0.2, 0.25) is 0 Å². The second kappa shape index (κ2) is 6.50. The van der Waals surface area contributed by atoms with Crippen molar-refractivity contribution in [3.63, 3.8) is 0 Å². The van der Waals surface area contributed by atoms with Gasteiger partial charge in [-0.05, 0) is 68.9 Å². The summed E-state index contributed by atoms with van der Waals surface area (Å²) in [5.74, 6) is 7.65. The molecule has 0 amide bonds. The van der Waals surface area contributed by atoms with Crippen LogP contribution in [0.15, 0.2) is 6.07 Å². The highest BCUT2D eigenvalue weighted by Crippen LogP contribution is 2.33. The van der Waals surface area contributed by atoms with Gasteiger partial charge in [0.15, 0.2) is 0 Å². The Morgan fingerprint density at radius 3 is 2.44 bits per heavy atom. The average Bonchev–Trinajstić information content (AvgIpc) is 2.33. The monoisotopic (exact) mass is 244 g/mol. The maximum atomic E-state index is 5.69. The molecule has 18 heavy (non-hydrogen) atoms. The Morgan fingerprint density at radius 1 is 1.22 bits per heavy atom. The summed E-state index contributed by atoms with van der Waals surface area (Å²) in [7, 11) is 0. The minimum Gasteiger partial charge on any atom is -0.494 e. The first-order valence-electron chi connectivity index (χ1n) is 6.66. The van der Waals surface area contributed by atoms with Crippen molar-refractivity contribution in [2.45, 2.75) is 53.9 Å². The van der Waals surface area contributed by atoms with E-state index in [-0.39, 0.29) is 0 Å². The van der Waals surface area contributed by atoms with Gasteiger partial charge in [0.05, 0.1) is 6.61 Å². The molecule has 1 atom stereocenters. The number of aryl methyl sites for hydroxylation is 1. The minimum absolute atomic E-state index is 0.479. The fourth-order valence-corrected chi connectivity index (χ4v) is 2.49. The van der Waals surface area contributed by atoms with E-state index in [1.54, 1.807) is 0 Å². The molecule has 0 aliphatic heterocycles. The van der Waals surface area contributed by atoms with E-state index in [4.69, 9.17) is 4.74 Å². The van der Waals surface area contributed by atoms with Crippen molar-refractivity contribution < 1.29 is 4.74 Å². The zero-order valence-corrected chi connectivity index (χ0v) is 12.5. The molecule has 0 fully saturated rings. The van der Waals surface area contributed by atoms with E-state index in [0.717, 1.165) is 18.8 Å². The number of rotatable bonds is 4. The van der Waals surface area contributed by atoms with E-state index < -0.39 is 0 Å². The van der Waals surface area contributed by atoms with Gasteiger partial charge in [0.1, 0.15) is 5.75 Å². The van der Waals surface area contributed by atoms with Crippen molar-refractivity contribution in [2.24, 2.45) is 0 Å². The molecule has 1 heteroatoms. The third kappa shape index (κ3) is 3.07. The molecule has 1 rings (SSSR count). The normalized spacial score (nSPS) is 11.7. The van der Waals surface area contributed by atoms with Crippen molar-refractivity contribution in [2.75, 3.05) is 6.61 Å². The summed E-state index contributed by atoms with van der Waals surface area (Å²) in [4.78, 5) is 0. The smallest absolute Gasteiger partial charge is 0.122 e. The standard InChI is InChI=1S/C17H24O/c1-7-9-10-12(3)17-13(4)11-16(18-8-2)14(5)15(17)6/h11-12H,8,10H2,1-6H3. The van der Waals surface area contributed by atoms with Crippen LogP contribution in [0.25, 0.3) is 0 Å². The van der Waals surface area contributed by atoms with E-state index in [0.29, 0.717) is 5.92 Å². The Balaban J connectivity index is 3.20. The van der Waals surface area contributed by atoms with Gasteiger partial charge in [-0.25, -0.2) is 0 Å². The van der Waals surface area contributed by atoms with Crippen LogP contribution in [-0.2, 0) is 0 Å². The van der Waals surface area contributed by atoms with Crippen molar-refractivity contribution in [1.29, 1.82) is 0 Å². The van der Waals surface area contributed by atoms with Gasteiger partial charge in [0.2, 0.25) is 0 Å². The summed E-state index contributed by atoms with van der Waals surface area (Å²) in [6.45, 7) is 13.4. The summed E-state index contributed by atoms with van der Waals surface area (Å²) in [6, 6.07) is 2.16. The van der Waals surface area contributed by atoms with Crippen LogP contribution in [0.1, 0.15) is 55.4 Å². The first-order chi connectivity index (χ1) is 8.52. The number of benzene rings is 1. The third-order valence-electron chi connectivity index (χ3n) is 3.49. The van der Waals surface area contributed by atoms with Gasteiger partial charge < -0.3 is 4.74 Å². The lowest BCUT2D eigenvalue weighted by molar-refractivity contribution is 0.337. The maximum absolute atomic E-state index is 5.69. The summed E-state index contributed by atoms with van der Waals surface area (Å²) < 4.78 is 5.69. The highest BCUT2D eigenvalue weighted by Gasteiger charge is 2.15. The molecule has 0 aliphatic carbocycles. The molecule has 98 valence electrons. The fourth-order valence-electron chi connectivity index (χ4n) is 2.49. The fraction of sp³-hybridized carbons (Fsp3) is 0.529. The number of hydrogen-bond donors (Lipinski definition) is 0. The van der Waals surface area contributed by atoms with Crippen LogP contribution in [-0.4, -0.2) is 6.61 Å². The molecule has 1 aromatic rings. The SMILES string of the molecule is CC#CCC(C)c1c(C)cc(OCC)c(C)c1C. The Morgan fingerprint density at radius 2 is 1.89 bits per heavy atom. The topological polar surface area (TPSA) is 9.23 Å². The highest BCUT2D eigenvalue weighted by atomic mass is 16.5. The molecule has 1 aromatic carbocycles. The lowest BCUT2D eigenvalue weighted by Gasteiger charge is -2.20. The number of hydrogen-bond acceptors (Lipinski definition) is 1. The second-order valence-electron chi connectivity index (χ2n) is 4.82. The molecule has 0 heterocycles. The van der Waals surface area contributed by atoms with E-state index in [1.807, 2.05) is 13.8 Å². The molecular formula is C17H24O. The maximum Gasteiger partial charge on any atom is 0.122 e. The first-order valence-corrected chi connectivity index (χ1v) is 6.66. The van der Waals surface area contributed by atoms with Crippen molar-refractivity contribution in [1.82, 2.24) is 0 Å². The second-order valence-corrected chi connectivity index (χ2v) is 4.82. The summed E-state index contributed by atoms with van der Waals surface area (Å²) in [5, 5.41) is 0. The molecular weight excluding hydrogens is 220 g/mol. The van der Waals surface area contributed by atoms with E-state index in [2.05, 4.69) is 45.6 Å². The average molecular weight is 244 g/mol. The molecule has 0 saturated carbocycles. The molecule has 1 unspecified atom stereocenters. The van der Waals surface area contributed by atoms with E-state index >= 15 is 0 Å². The summed E-state index contributed by atoms with van der Waals surface area (Å²) >= 11 is 0. The molecule has 0 bridgehead atoms. The zero-order valence-electron chi connectivity index (χ0n) is 12.5. The lowest BCUT2D eigenvalue weighted by Crippen LogP contribution is -2.04.